The minimum absolute atomic E-state index is 0.127. The second kappa shape index (κ2) is 7.98. The number of sulfonamides is 1. The number of carbonyl (C=O) groups excluding carboxylic acids is 1. The van der Waals surface area contributed by atoms with E-state index in [1.807, 2.05) is 12.1 Å². The lowest BCUT2D eigenvalue weighted by atomic mass is 10.2. The lowest BCUT2D eigenvalue weighted by Gasteiger charge is -2.35. The van der Waals surface area contributed by atoms with Gasteiger partial charge in [-0.15, -0.1) is 0 Å². The topological polar surface area (TPSA) is 87.7 Å². The van der Waals surface area contributed by atoms with Crippen LogP contribution in [-0.2, 0) is 19.6 Å². The first-order chi connectivity index (χ1) is 12.8. The molecular formula is C19H23N3O4S. The zero-order valence-electron chi connectivity index (χ0n) is 15.3. The fourth-order valence-electron chi connectivity index (χ4n) is 2.97. The number of amides is 1. The third-order valence-electron chi connectivity index (χ3n) is 4.30. The SMILES string of the molecule is CC(=O)Nc1ccc(S(=O)(=O)Nc2ccc(N3CCOCC3C)cc2)cc1. The fraction of sp³-hybridized carbons (Fsp3) is 0.316. The van der Waals surface area contributed by atoms with Gasteiger partial charge in [0.1, 0.15) is 0 Å². The molecule has 0 aromatic heterocycles. The van der Waals surface area contributed by atoms with Crippen LogP contribution < -0.4 is 14.9 Å². The highest BCUT2D eigenvalue weighted by molar-refractivity contribution is 7.92. The molecule has 1 aliphatic rings. The van der Waals surface area contributed by atoms with Gasteiger partial charge in [0.25, 0.3) is 10.0 Å². The van der Waals surface area contributed by atoms with E-state index in [4.69, 9.17) is 4.74 Å². The number of rotatable bonds is 5. The average Bonchev–Trinajstić information content (AvgIpc) is 2.63. The smallest absolute Gasteiger partial charge is 0.261 e. The zero-order chi connectivity index (χ0) is 19.4. The molecule has 1 heterocycles. The Kier molecular flexibility index (Phi) is 5.67. The molecule has 0 spiro atoms. The van der Waals surface area contributed by atoms with Crippen LogP contribution in [0.5, 0.6) is 0 Å². The molecule has 7 nitrogen and oxygen atoms in total. The summed E-state index contributed by atoms with van der Waals surface area (Å²) in [4.78, 5) is 13.4. The maximum absolute atomic E-state index is 12.5. The number of nitrogens with one attached hydrogen (secondary N) is 2. The van der Waals surface area contributed by atoms with E-state index in [2.05, 4.69) is 21.9 Å². The van der Waals surface area contributed by atoms with Crippen molar-refractivity contribution >= 4 is 33.0 Å². The van der Waals surface area contributed by atoms with Gasteiger partial charge < -0.3 is 15.0 Å². The van der Waals surface area contributed by atoms with E-state index in [-0.39, 0.29) is 16.8 Å². The van der Waals surface area contributed by atoms with Gasteiger partial charge in [-0.2, -0.15) is 0 Å². The van der Waals surface area contributed by atoms with Gasteiger partial charge in [-0.3, -0.25) is 9.52 Å². The molecule has 2 aromatic rings. The first kappa shape index (κ1) is 19.2. The van der Waals surface area contributed by atoms with Gasteiger partial charge in [-0.05, 0) is 55.5 Å². The van der Waals surface area contributed by atoms with Crippen molar-refractivity contribution in [1.82, 2.24) is 0 Å². The first-order valence-corrected chi connectivity index (χ1v) is 10.2. The molecule has 1 fully saturated rings. The third kappa shape index (κ3) is 4.78. The third-order valence-corrected chi connectivity index (χ3v) is 5.70. The molecule has 2 aromatic carbocycles. The largest absolute Gasteiger partial charge is 0.377 e. The van der Waals surface area contributed by atoms with E-state index in [0.29, 0.717) is 24.6 Å². The molecule has 0 aliphatic carbocycles. The van der Waals surface area contributed by atoms with Gasteiger partial charge in [0.2, 0.25) is 5.91 Å². The van der Waals surface area contributed by atoms with Crippen LogP contribution >= 0.6 is 0 Å². The number of nitrogens with zero attached hydrogens (tertiary/aromatic N) is 1. The Hall–Kier alpha value is -2.58. The highest BCUT2D eigenvalue weighted by atomic mass is 32.2. The van der Waals surface area contributed by atoms with Crippen molar-refractivity contribution in [3.8, 4) is 0 Å². The standard InChI is InChI=1S/C19H23N3O4S/c1-14-13-26-12-11-22(14)18-7-3-17(4-8-18)21-27(24,25)19-9-5-16(6-10-19)20-15(2)23/h3-10,14,21H,11-13H2,1-2H3,(H,20,23). The predicted octanol–water partition coefficient (Wildman–Crippen LogP) is 2.67. The number of carbonyl (C=O) groups is 1. The molecule has 3 rings (SSSR count). The Morgan fingerprint density at radius 2 is 1.70 bits per heavy atom. The van der Waals surface area contributed by atoms with Crippen molar-refractivity contribution < 1.29 is 17.9 Å². The van der Waals surface area contributed by atoms with Crippen molar-refractivity contribution in [3.05, 3.63) is 48.5 Å². The minimum Gasteiger partial charge on any atom is -0.377 e. The Morgan fingerprint density at radius 3 is 2.30 bits per heavy atom. The molecule has 144 valence electrons. The van der Waals surface area contributed by atoms with Crippen molar-refractivity contribution in [1.29, 1.82) is 0 Å². The molecule has 1 amide bonds. The number of anilines is 3. The Bertz CT molecular complexity index is 896. The second-order valence-electron chi connectivity index (χ2n) is 6.48. The Labute approximate surface area is 159 Å². The van der Waals surface area contributed by atoms with Crippen molar-refractivity contribution in [2.75, 3.05) is 34.7 Å². The second-order valence-corrected chi connectivity index (χ2v) is 8.16. The van der Waals surface area contributed by atoms with E-state index in [1.54, 1.807) is 24.3 Å². The predicted molar refractivity (Wildman–Crippen MR) is 106 cm³/mol. The maximum Gasteiger partial charge on any atom is 0.261 e. The van der Waals surface area contributed by atoms with Crippen molar-refractivity contribution in [2.24, 2.45) is 0 Å². The molecule has 1 unspecified atom stereocenters. The van der Waals surface area contributed by atoms with Gasteiger partial charge in [0, 0.05) is 36.6 Å². The molecule has 1 atom stereocenters. The van der Waals surface area contributed by atoms with Crippen LogP contribution in [0, 0.1) is 0 Å². The van der Waals surface area contributed by atoms with E-state index < -0.39 is 10.0 Å². The lowest BCUT2D eigenvalue weighted by molar-refractivity contribution is -0.114. The van der Waals surface area contributed by atoms with E-state index >= 15 is 0 Å². The van der Waals surface area contributed by atoms with Gasteiger partial charge in [-0.1, -0.05) is 0 Å². The molecule has 0 saturated carbocycles. The number of hydrogen-bond donors (Lipinski definition) is 2. The molecule has 27 heavy (non-hydrogen) atoms. The van der Waals surface area contributed by atoms with Crippen molar-refractivity contribution in [2.45, 2.75) is 24.8 Å². The Balaban J connectivity index is 1.71. The van der Waals surface area contributed by atoms with E-state index in [9.17, 15) is 13.2 Å². The lowest BCUT2D eigenvalue weighted by Crippen LogP contribution is -2.43. The highest BCUT2D eigenvalue weighted by Crippen LogP contribution is 2.24. The fourth-order valence-corrected chi connectivity index (χ4v) is 4.03. The highest BCUT2D eigenvalue weighted by Gasteiger charge is 2.19. The Morgan fingerprint density at radius 1 is 1.07 bits per heavy atom. The molecule has 1 aliphatic heterocycles. The minimum atomic E-state index is -3.70. The summed E-state index contributed by atoms with van der Waals surface area (Å²) in [6.07, 6.45) is 0. The normalized spacial score (nSPS) is 17.4. The molecular weight excluding hydrogens is 366 g/mol. The zero-order valence-corrected chi connectivity index (χ0v) is 16.1. The van der Waals surface area contributed by atoms with Gasteiger partial charge in [0.05, 0.1) is 18.1 Å². The van der Waals surface area contributed by atoms with Crippen LogP contribution in [0.1, 0.15) is 13.8 Å². The number of hydrogen-bond acceptors (Lipinski definition) is 5. The first-order valence-electron chi connectivity index (χ1n) is 8.70. The summed E-state index contributed by atoms with van der Waals surface area (Å²) < 4.78 is 33.1. The summed E-state index contributed by atoms with van der Waals surface area (Å²) in [5, 5.41) is 2.61. The van der Waals surface area contributed by atoms with Gasteiger partial charge >= 0.3 is 0 Å². The van der Waals surface area contributed by atoms with Crippen LogP contribution in [0.25, 0.3) is 0 Å². The summed E-state index contributed by atoms with van der Waals surface area (Å²) in [6.45, 7) is 5.68. The molecule has 2 N–H and O–H groups in total. The molecule has 0 radical (unpaired) electrons. The van der Waals surface area contributed by atoms with Crippen molar-refractivity contribution in [3.63, 3.8) is 0 Å². The summed E-state index contributed by atoms with van der Waals surface area (Å²) in [6, 6.07) is 13.6. The van der Waals surface area contributed by atoms with Crippen LogP contribution in [0.2, 0.25) is 0 Å². The summed E-state index contributed by atoms with van der Waals surface area (Å²) in [7, 11) is -3.70. The van der Waals surface area contributed by atoms with E-state index in [0.717, 1.165) is 12.2 Å². The van der Waals surface area contributed by atoms with E-state index in [1.165, 1.54) is 19.1 Å². The van der Waals surface area contributed by atoms with Crippen LogP contribution in [0.3, 0.4) is 0 Å². The summed E-state index contributed by atoms with van der Waals surface area (Å²) in [5.41, 5.74) is 2.07. The summed E-state index contributed by atoms with van der Waals surface area (Å²) in [5.74, 6) is -0.210. The average molecular weight is 389 g/mol. The van der Waals surface area contributed by atoms with Crippen LogP contribution in [-0.4, -0.2) is 40.1 Å². The molecule has 0 bridgehead atoms. The maximum atomic E-state index is 12.5. The number of morpholine rings is 1. The van der Waals surface area contributed by atoms with Crippen LogP contribution in [0.15, 0.2) is 53.4 Å². The number of benzene rings is 2. The van der Waals surface area contributed by atoms with Gasteiger partial charge in [0.15, 0.2) is 0 Å². The quantitative estimate of drug-likeness (QED) is 0.821. The van der Waals surface area contributed by atoms with Crippen LogP contribution in [0.4, 0.5) is 17.1 Å². The summed E-state index contributed by atoms with van der Waals surface area (Å²) >= 11 is 0. The van der Waals surface area contributed by atoms with Gasteiger partial charge in [-0.25, -0.2) is 8.42 Å². The number of ether oxygens (including phenoxy) is 1. The monoisotopic (exact) mass is 389 g/mol. The molecule has 8 heteroatoms. The molecule has 1 saturated heterocycles.